The minimum atomic E-state index is -0.321. The van der Waals surface area contributed by atoms with E-state index in [0.29, 0.717) is 22.9 Å². The molecule has 0 saturated heterocycles. The monoisotopic (exact) mass is 440 g/mol. The van der Waals surface area contributed by atoms with Crippen LogP contribution in [0, 0.1) is 0 Å². The summed E-state index contributed by atoms with van der Waals surface area (Å²) in [6, 6.07) is 24.8. The van der Waals surface area contributed by atoms with Gasteiger partial charge in [-0.3, -0.25) is 4.79 Å². The molecule has 0 spiro atoms. The number of hydrogen-bond acceptors (Lipinski definition) is 7. The summed E-state index contributed by atoms with van der Waals surface area (Å²) < 4.78 is 11.1. The summed E-state index contributed by atoms with van der Waals surface area (Å²) in [6.07, 6.45) is 1.10. The fraction of sp³-hybridized carbons (Fsp3) is 0.115. The van der Waals surface area contributed by atoms with Crippen molar-refractivity contribution < 1.29 is 14.3 Å². The Morgan fingerprint density at radius 3 is 2.24 bits per heavy atom. The zero-order chi connectivity index (χ0) is 23.2. The molecule has 0 aliphatic rings. The van der Waals surface area contributed by atoms with Gasteiger partial charge in [0.15, 0.2) is 0 Å². The number of aromatic nitrogens is 2. The highest BCUT2D eigenvalue weighted by molar-refractivity contribution is 5.85. The Morgan fingerprint density at radius 1 is 0.909 bits per heavy atom. The molecule has 1 atom stereocenters. The number of para-hydroxylation sites is 1. The molecule has 4 aromatic rings. The third-order valence-corrected chi connectivity index (χ3v) is 4.98. The van der Waals surface area contributed by atoms with Crippen LogP contribution in [-0.4, -0.2) is 15.9 Å². The van der Waals surface area contributed by atoms with Crippen LogP contribution in [0.3, 0.4) is 0 Å². The van der Waals surface area contributed by atoms with E-state index in [1.807, 2.05) is 85.8 Å². The molecule has 0 saturated carbocycles. The summed E-state index contributed by atoms with van der Waals surface area (Å²) in [5.41, 5.74) is 9.47. The number of nitrogens with two attached hydrogens (primary N) is 1. The number of nitrogens with one attached hydrogen (secondary N) is 1. The van der Waals surface area contributed by atoms with Crippen LogP contribution in [0.4, 0.5) is 17.3 Å². The number of ether oxygens (including phenoxy) is 2. The molecule has 7 nitrogen and oxygen atoms in total. The third kappa shape index (κ3) is 5.46. The van der Waals surface area contributed by atoms with Gasteiger partial charge in [0.25, 0.3) is 0 Å². The Balaban J connectivity index is 1.54. The second-order valence-electron chi connectivity index (χ2n) is 7.42. The summed E-state index contributed by atoms with van der Waals surface area (Å²) in [7, 11) is 0. The van der Waals surface area contributed by atoms with Crippen molar-refractivity contribution in [2.75, 3.05) is 11.1 Å². The van der Waals surface area contributed by atoms with Crippen LogP contribution in [0.2, 0.25) is 0 Å². The number of nitrogens with zero attached hydrogens (tertiary/aromatic N) is 2. The smallest absolute Gasteiger partial charge is 0.303 e. The van der Waals surface area contributed by atoms with Crippen LogP contribution in [0.15, 0.2) is 85.2 Å². The van der Waals surface area contributed by atoms with Crippen molar-refractivity contribution in [3.8, 4) is 22.6 Å². The average molecular weight is 441 g/mol. The highest BCUT2D eigenvalue weighted by Gasteiger charge is 2.13. The lowest BCUT2D eigenvalue weighted by atomic mass is 10.1. The van der Waals surface area contributed by atoms with Crippen molar-refractivity contribution in [1.82, 2.24) is 9.97 Å². The fourth-order valence-corrected chi connectivity index (χ4v) is 3.38. The van der Waals surface area contributed by atoms with Gasteiger partial charge in [0.2, 0.25) is 0 Å². The maximum Gasteiger partial charge on any atom is 0.303 e. The molecule has 0 bridgehead atoms. The maximum absolute atomic E-state index is 11.2. The molecule has 3 N–H and O–H groups in total. The lowest BCUT2D eigenvalue weighted by Gasteiger charge is -2.15. The van der Waals surface area contributed by atoms with Crippen LogP contribution in [0.5, 0.6) is 11.5 Å². The summed E-state index contributed by atoms with van der Waals surface area (Å²) in [5.74, 6) is 2.12. The predicted octanol–water partition coefficient (Wildman–Crippen LogP) is 5.89. The van der Waals surface area contributed by atoms with Crippen molar-refractivity contribution in [3.63, 3.8) is 0 Å². The lowest BCUT2D eigenvalue weighted by Crippen LogP contribution is -2.05. The molecule has 0 aliphatic heterocycles. The normalized spacial score (nSPS) is 11.5. The Labute approximate surface area is 192 Å². The van der Waals surface area contributed by atoms with Crippen LogP contribution in [-0.2, 0) is 9.53 Å². The molecule has 0 fully saturated rings. The van der Waals surface area contributed by atoms with Gasteiger partial charge in [-0.05, 0) is 54.4 Å². The number of carbonyl (C=O) groups is 1. The molecule has 3 aromatic carbocycles. The molecule has 1 aromatic heterocycles. The van der Waals surface area contributed by atoms with E-state index >= 15 is 0 Å². The highest BCUT2D eigenvalue weighted by Crippen LogP contribution is 2.34. The van der Waals surface area contributed by atoms with Gasteiger partial charge in [0.05, 0.1) is 5.56 Å². The Hall–Kier alpha value is -4.39. The van der Waals surface area contributed by atoms with Gasteiger partial charge in [0.1, 0.15) is 35.6 Å². The van der Waals surface area contributed by atoms with Gasteiger partial charge >= 0.3 is 5.97 Å². The van der Waals surface area contributed by atoms with E-state index in [1.54, 1.807) is 0 Å². The molecule has 7 heteroatoms. The molecular formula is C26H24N4O3. The predicted molar refractivity (Wildman–Crippen MR) is 128 cm³/mol. The molecule has 33 heavy (non-hydrogen) atoms. The van der Waals surface area contributed by atoms with E-state index in [9.17, 15) is 4.79 Å². The Kier molecular flexibility index (Phi) is 6.50. The van der Waals surface area contributed by atoms with Gasteiger partial charge in [-0.15, -0.1) is 0 Å². The van der Waals surface area contributed by atoms with Crippen molar-refractivity contribution >= 4 is 23.3 Å². The van der Waals surface area contributed by atoms with Gasteiger partial charge in [0, 0.05) is 12.6 Å². The SMILES string of the molecule is CC(=O)OC(C)c1ccc(Nc2ncnc(N)c2-c2ccc(Oc3ccccc3)cc2)cc1. The van der Waals surface area contributed by atoms with Crippen molar-refractivity contribution in [2.45, 2.75) is 20.0 Å². The zero-order valence-corrected chi connectivity index (χ0v) is 18.4. The van der Waals surface area contributed by atoms with Gasteiger partial charge < -0.3 is 20.5 Å². The first-order valence-electron chi connectivity index (χ1n) is 10.5. The largest absolute Gasteiger partial charge is 0.458 e. The summed E-state index contributed by atoms with van der Waals surface area (Å²) >= 11 is 0. The third-order valence-electron chi connectivity index (χ3n) is 4.98. The van der Waals surface area contributed by atoms with Crippen molar-refractivity contribution in [1.29, 1.82) is 0 Å². The summed E-state index contributed by atoms with van der Waals surface area (Å²) in [6.45, 7) is 3.23. The number of rotatable bonds is 7. The standard InChI is InChI=1S/C26H24N4O3/c1-17(32-18(2)31)19-8-12-21(13-9-19)30-26-24(25(27)28-16-29-26)20-10-14-23(15-11-20)33-22-6-4-3-5-7-22/h3-17H,1-2H3,(H3,27,28,29,30). The molecule has 0 aliphatic carbocycles. The van der Waals surface area contributed by atoms with Crippen LogP contribution < -0.4 is 15.8 Å². The van der Waals surface area contributed by atoms with E-state index in [2.05, 4.69) is 15.3 Å². The number of carbonyl (C=O) groups excluding carboxylic acids is 1. The van der Waals surface area contributed by atoms with Gasteiger partial charge in [-0.1, -0.05) is 42.5 Å². The second-order valence-corrected chi connectivity index (χ2v) is 7.42. The van der Waals surface area contributed by atoms with Gasteiger partial charge in [-0.25, -0.2) is 9.97 Å². The fourth-order valence-electron chi connectivity index (χ4n) is 3.38. The first-order chi connectivity index (χ1) is 16.0. The van der Waals surface area contributed by atoms with E-state index in [0.717, 1.165) is 22.6 Å². The summed E-state index contributed by atoms with van der Waals surface area (Å²) in [5, 5.41) is 3.30. The van der Waals surface area contributed by atoms with E-state index in [1.165, 1.54) is 13.3 Å². The molecule has 0 radical (unpaired) electrons. The number of nitrogen functional groups attached to an aromatic ring is 1. The quantitative estimate of drug-likeness (QED) is 0.346. The molecule has 1 heterocycles. The van der Waals surface area contributed by atoms with E-state index in [-0.39, 0.29) is 12.1 Å². The second kappa shape index (κ2) is 9.82. The molecule has 166 valence electrons. The van der Waals surface area contributed by atoms with Crippen LogP contribution in [0.25, 0.3) is 11.1 Å². The Morgan fingerprint density at radius 2 is 1.58 bits per heavy atom. The number of esters is 1. The minimum Gasteiger partial charge on any atom is -0.458 e. The first-order valence-corrected chi connectivity index (χ1v) is 10.5. The van der Waals surface area contributed by atoms with E-state index in [4.69, 9.17) is 15.2 Å². The average Bonchev–Trinajstić information content (AvgIpc) is 2.81. The number of anilines is 3. The highest BCUT2D eigenvalue weighted by atomic mass is 16.5. The molecular weight excluding hydrogens is 416 g/mol. The van der Waals surface area contributed by atoms with Crippen molar-refractivity contribution in [3.05, 3.63) is 90.8 Å². The van der Waals surface area contributed by atoms with E-state index < -0.39 is 0 Å². The molecule has 1 unspecified atom stereocenters. The minimum absolute atomic E-state index is 0.314. The topological polar surface area (TPSA) is 99.4 Å². The zero-order valence-electron chi connectivity index (χ0n) is 18.4. The van der Waals surface area contributed by atoms with Gasteiger partial charge in [-0.2, -0.15) is 0 Å². The van der Waals surface area contributed by atoms with Crippen molar-refractivity contribution in [2.24, 2.45) is 0 Å². The maximum atomic E-state index is 11.2. The number of hydrogen-bond donors (Lipinski definition) is 2. The first kappa shape index (κ1) is 21.8. The summed E-state index contributed by atoms with van der Waals surface area (Å²) in [4.78, 5) is 19.7. The van der Waals surface area contributed by atoms with Crippen LogP contribution >= 0.6 is 0 Å². The molecule has 0 amide bonds. The number of benzene rings is 3. The molecule has 4 rings (SSSR count). The lowest BCUT2D eigenvalue weighted by molar-refractivity contribution is -0.145. The van der Waals surface area contributed by atoms with Crippen LogP contribution in [0.1, 0.15) is 25.5 Å². The Bertz CT molecular complexity index is 1230.